The maximum atomic E-state index is 12.9. The highest BCUT2D eigenvalue weighted by Crippen LogP contribution is 2.25. The van der Waals surface area contributed by atoms with Gasteiger partial charge in [-0.15, -0.1) is 0 Å². The van der Waals surface area contributed by atoms with Crippen molar-refractivity contribution in [3.63, 3.8) is 0 Å². The van der Waals surface area contributed by atoms with Gasteiger partial charge in [-0.25, -0.2) is 9.18 Å². The summed E-state index contributed by atoms with van der Waals surface area (Å²) in [5, 5.41) is 2.75. The number of ether oxygens (including phenoxy) is 2. The SMILES string of the molecule is CCC(CC)NC(=O)COC(=O)COc1ccc(F)cc1Br. The van der Waals surface area contributed by atoms with Crippen LogP contribution in [0.4, 0.5) is 4.39 Å². The average Bonchev–Trinajstić information content (AvgIpc) is 2.49. The molecule has 0 fully saturated rings. The summed E-state index contributed by atoms with van der Waals surface area (Å²) in [4.78, 5) is 23.1. The molecule has 0 saturated carbocycles. The smallest absolute Gasteiger partial charge is 0.344 e. The molecule has 0 unspecified atom stereocenters. The molecule has 22 heavy (non-hydrogen) atoms. The van der Waals surface area contributed by atoms with Crippen molar-refractivity contribution in [3.8, 4) is 5.75 Å². The highest BCUT2D eigenvalue weighted by atomic mass is 79.9. The fourth-order valence-corrected chi connectivity index (χ4v) is 2.14. The summed E-state index contributed by atoms with van der Waals surface area (Å²) in [6.45, 7) is 3.23. The quantitative estimate of drug-likeness (QED) is 0.709. The van der Waals surface area contributed by atoms with Crippen LogP contribution in [0.5, 0.6) is 5.75 Å². The van der Waals surface area contributed by atoms with Gasteiger partial charge in [0.1, 0.15) is 11.6 Å². The van der Waals surface area contributed by atoms with Crippen molar-refractivity contribution in [2.24, 2.45) is 0 Å². The van der Waals surface area contributed by atoms with Gasteiger partial charge in [-0.05, 0) is 47.0 Å². The Morgan fingerprint density at radius 1 is 1.27 bits per heavy atom. The van der Waals surface area contributed by atoms with Crippen LogP contribution in [0.3, 0.4) is 0 Å². The molecule has 7 heteroatoms. The van der Waals surface area contributed by atoms with E-state index in [9.17, 15) is 14.0 Å². The lowest BCUT2D eigenvalue weighted by Crippen LogP contribution is -2.37. The molecule has 0 heterocycles. The monoisotopic (exact) mass is 375 g/mol. The van der Waals surface area contributed by atoms with E-state index in [4.69, 9.17) is 9.47 Å². The zero-order chi connectivity index (χ0) is 16.5. The molecule has 0 aliphatic carbocycles. The minimum absolute atomic E-state index is 0.0811. The van der Waals surface area contributed by atoms with Gasteiger partial charge < -0.3 is 14.8 Å². The van der Waals surface area contributed by atoms with Crippen LogP contribution in [0.1, 0.15) is 26.7 Å². The molecule has 1 amide bonds. The van der Waals surface area contributed by atoms with E-state index < -0.39 is 11.8 Å². The highest BCUT2D eigenvalue weighted by molar-refractivity contribution is 9.10. The van der Waals surface area contributed by atoms with Gasteiger partial charge in [-0.1, -0.05) is 13.8 Å². The molecule has 0 aliphatic heterocycles. The first-order valence-electron chi connectivity index (χ1n) is 6.99. The second-order valence-corrected chi connectivity index (χ2v) is 5.46. The molecule has 1 N–H and O–H groups in total. The second-order valence-electron chi connectivity index (χ2n) is 4.61. The number of amides is 1. The van der Waals surface area contributed by atoms with Gasteiger partial charge in [0.25, 0.3) is 5.91 Å². The predicted octanol–water partition coefficient (Wildman–Crippen LogP) is 2.82. The van der Waals surface area contributed by atoms with Gasteiger partial charge >= 0.3 is 5.97 Å². The number of rotatable bonds is 8. The van der Waals surface area contributed by atoms with Crippen molar-refractivity contribution in [1.29, 1.82) is 0 Å². The van der Waals surface area contributed by atoms with Crippen molar-refractivity contribution in [1.82, 2.24) is 5.32 Å². The zero-order valence-electron chi connectivity index (χ0n) is 12.5. The Morgan fingerprint density at radius 3 is 2.55 bits per heavy atom. The van der Waals surface area contributed by atoms with E-state index in [-0.39, 0.29) is 25.2 Å². The summed E-state index contributed by atoms with van der Waals surface area (Å²) in [5.74, 6) is -1.11. The Labute approximate surface area is 137 Å². The fraction of sp³-hybridized carbons (Fsp3) is 0.467. The van der Waals surface area contributed by atoms with Crippen LogP contribution in [-0.4, -0.2) is 31.1 Å². The summed E-state index contributed by atoms with van der Waals surface area (Å²) < 4.78 is 23.3. The Kier molecular flexibility index (Phi) is 7.87. The lowest BCUT2D eigenvalue weighted by molar-refractivity contribution is -0.150. The summed E-state index contributed by atoms with van der Waals surface area (Å²) in [6.07, 6.45) is 1.63. The van der Waals surface area contributed by atoms with E-state index in [2.05, 4.69) is 21.2 Å². The van der Waals surface area contributed by atoms with E-state index in [1.54, 1.807) is 0 Å². The molecule has 1 rings (SSSR count). The normalized spacial score (nSPS) is 10.4. The van der Waals surface area contributed by atoms with E-state index in [0.29, 0.717) is 10.2 Å². The predicted molar refractivity (Wildman–Crippen MR) is 83.1 cm³/mol. The topological polar surface area (TPSA) is 64.6 Å². The minimum Gasteiger partial charge on any atom is -0.481 e. The number of halogens is 2. The molecule has 0 aliphatic rings. The molecule has 5 nitrogen and oxygen atoms in total. The summed E-state index contributed by atoms with van der Waals surface area (Å²) >= 11 is 3.12. The summed E-state index contributed by atoms with van der Waals surface area (Å²) in [7, 11) is 0. The molecule has 0 saturated heterocycles. The summed E-state index contributed by atoms with van der Waals surface area (Å²) in [5.41, 5.74) is 0. The largest absolute Gasteiger partial charge is 0.481 e. The Bertz CT molecular complexity index is 520. The lowest BCUT2D eigenvalue weighted by atomic mass is 10.2. The first kappa shape index (κ1) is 18.4. The van der Waals surface area contributed by atoms with E-state index in [0.717, 1.165) is 12.8 Å². The number of esters is 1. The van der Waals surface area contributed by atoms with Gasteiger partial charge in [-0.2, -0.15) is 0 Å². The van der Waals surface area contributed by atoms with Crippen LogP contribution >= 0.6 is 15.9 Å². The van der Waals surface area contributed by atoms with E-state index in [1.165, 1.54) is 18.2 Å². The maximum absolute atomic E-state index is 12.9. The second kappa shape index (κ2) is 9.40. The van der Waals surface area contributed by atoms with Gasteiger partial charge in [0.2, 0.25) is 0 Å². The molecule has 0 aromatic heterocycles. The first-order valence-corrected chi connectivity index (χ1v) is 7.78. The third-order valence-electron chi connectivity index (χ3n) is 2.95. The van der Waals surface area contributed by atoms with Crippen LogP contribution in [0.2, 0.25) is 0 Å². The molecule has 0 spiro atoms. The number of hydrogen-bond donors (Lipinski definition) is 1. The van der Waals surface area contributed by atoms with Crippen LogP contribution < -0.4 is 10.1 Å². The highest BCUT2D eigenvalue weighted by Gasteiger charge is 2.12. The first-order chi connectivity index (χ1) is 10.5. The molecule has 1 aromatic rings. The third-order valence-corrected chi connectivity index (χ3v) is 3.57. The van der Waals surface area contributed by atoms with Crippen LogP contribution in [-0.2, 0) is 14.3 Å². The molecule has 122 valence electrons. The van der Waals surface area contributed by atoms with Gasteiger partial charge in [-0.3, -0.25) is 4.79 Å². The Hall–Kier alpha value is -1.63. The van der Waals surface area contributed by atoms with Crippen LogP contribution in [0.25, 0.3) is 0 Å². The van der Waals surface area contributed by atoms with Crippen molar-refractivity contribution < 1.29 is 23.5 Å². The molecular weight excluding hydrogens is 357 g/mol. The minimum atomic E-state index is -0.670. The van der Waals surface area contributed by atoms with Gasteiger partial charge in [0.15, 0.2) is 13.2 Å². The maximum Gasteiger partial charge on any atom is 0.344 e. The molecular formula is C15H19BrFNO4. The standard InChI is InChI=1S/C15H19BrFNO4/c1-3-11(4-2)18-14(19)8-22-15(20)9-21-13-6-5-10(17)7-12(13)16/h5-7,11H,3-4,8-9H2,1-2H3,(H,18,19). The van der Waals surface area contributed by atoms with Gasteiger partial charge in [0.05, 0.1) is 4.47 Å². The molecule has 0 radical (unpaired) electrons. The lowest BCUT2D eigenvalue weighted by Gasteiger charge is -2.14. The van der Waals surface area contributed by atoms with Crippen LogP contribution in [0.15, 0.2) is 22.7 Å². The van der Waals surface area contributed by atoms with Crippen molar-refractivity contribution in [2.45, 2.75) is 32.7 Å². The number of carbonyl (C=O) groups is 2. The van der Waals surface area contributed by atoms with E-state index in [1.807, 2.05) is 13.8 Å². The molecule has 0 bridgehead atoms. The molecule has 1 aromatic carbocycles. The van der Waals surface area contributed by atoms with Crippen molar-refractivity contribution in [2.75, 3.05) is 13.2 Å². The van der Waals surface area contributed by atoms with Crippen LogP contribution in [0, 0.1) is 5.82 Å². The number of carbonyl (C=O) groups excluding carboxylic acids is 2. The van der Waals surface area contributed by atoms with Crippen molar-refractivity contribution in [3.05, 3.63) is 28.5 Å². The molecule has 0 atom stereocenters. The average molecular weight is 376 g/mol. The Balaban J connectivity index is 2.33. The fourth-order valence-electron chi connectivity index (χ4n) is 1.68. The number of nitrogens with one attached hydrogen (secondary N) is 1. The summed E-state index contributed by atoms with van der Waals surface area (Å²) in [6, 6.07) is 3.92. The number of hydrogen-bond acceptors (Lipinski definition) is 4. The van der Waals surface area contributed by atoms with Crippen molar-refractivity contribution >= 4 is 27.8 Å². The Morgan fingerprint density at radius 2 is 1.95 bits per heavy atom. The third kappa shape index (κ3) is 6.43. The van der Waals surface area contributed by atoms with Gasteiger partial charge in [0, 0.05) is 6.04 Å². The number of benzene rings is 1. The zero-order valence-corrected chi connectivity index (χ0v) is 14.1. The van der Waals surface area contributed by atoms with E-state index >= 15 is 0 Å².